The van der Waals surface area contributed by atoms with Crippen LogP contribution in [0.15, 0.2) is 24.3 Å². The molecular formula is C13H16FN3O2S. The van der Waals surface area contributed by atoms with Crippen LogP contribution in [-0.2, 0) is 27.9 Å². The zero-order chi connectivity index (χ0) is 14.8. The minimum atomic E-state index is -3.48. The molecule has 1 aromatic heterocycles. The molecule has 0 atom stereocenters. The Labute approximate surface area is 117 Å². The maximum absolute atomic E-state index is 13.5. The van der Waals surface area contributed by atoms with Crippen molar-refractivity contribution in [3.8, 4) is 0 Å². The first-order valence-corrected chi connectivity index (χ1v) is 8.08. The smallest absolute Gasteiger partial charge is 0.160 e. The minimum Gasteiger partial charge on any atom is -0.248 e. The average molecular weight is 297 g/mol. The third-order valence-corrected chi connectivity index (χ3v) is 4.49. The van der Waals surface area contributed by atoms with Crippen molar-refractivity contribution in [2.45, 2.75) is 31.9 Å². The number of benzene rings is 1. The van der Waals surface area contributed by atoms with E-state index in [1.165, 1.54) is 18.2 Å². The topological polar surface area (TPSA) is 64.8 Å². The molecule has 0 aliphatic heterocycles. The van der Waals surface area contributed by atoms with Gasteiger partial charge < -0.3 is 0 Å². The van der Waals surface area contributed by atoms with E-state index in [2.05, 4.69) is 10.3 Å². The Morgan fingerprint density at radius 1 is 1.25 bits per heavy atom. The summed E-state index contributed by atoms with van der Waals surface area (Å²) < 4.78 is 39.5. The van der Waals surface area contributed by atoms with Gasteiger partial charge in [0, 0.05) is 12.1 Å². The summed E-state index contributed by atoms with van der Waals surface area (Å²) in [4.78, 5) is 0. The van der Waals surface area contributed by atoms with Gasteiger partial charge in [-0.3, -0.25) is 0 Å². The number of hydrogen-bond acceptors (Lipinski definition) is 4. The van der Waals surface area contributed by atoms with Gasteiger partial charge in [0.1, 0.15) is 5.82 Å². The zero-order valence-electron chi connectivity index (χ0n) is 11.4. The summed E-state index contributed by atoms with van der Waals surface area (Å²) in [5.74, 6) is -1.02. The molecule has 2 rings (SSSR count). The first-order chi connectivity index (χ1) is 9.43. The molecule has 0 saturated heterocycles. The molecule has 0 N–H and O–H groups in total. The Bertz CT molecular complexity index is 710. The lowest BCUT2D eigenvalue weighted by atomic mass is 10.2. The van der Waals surface area contributed by atoms with Gasteiger partial charge in [-0.1, -0.05) is 23.4 Å². The maximum atomic E-state index is 13.5. The predicted molar refractivity (Wildman–Crippen MR) is 73.2 cm³/mol. The van der Waals surface area contributed by atoms with Crippen molar-refractivity contribution in [2.75, 3.05) is 0 Å². The number of halogens is 1. The molecule has 0 aliphatic carbocycles. The fourth-order valence-corrected chi connectivity index (χ4v) is 3.55. The Morgan fingerprint density at radius 3 is 2.60 bits per heavy atom. The van der Waals surface area contributed by atoms with Gasteiger partial charge in [0.2, 0.25) is 0 Å². The van der Waals surface area contributed by atoms with Gasteiger partial charge in [-0.25, -0.2) is 17.5 Å². The lowest BCUT2D eigenvalue weighted by Gasteiger charge is -2.07. The highest BCUT2D eigenvalue weighted by atomic mass is 32.2. The van der Waals surface area contributed by atoms with Crippen molar-refractivity contribution in [1.29, 1.82) is 0 Å². The van der Waals surface area contributed by atoms with Crippen LogP contribution in [0.2, 0.25) is 0 Å². The summed E-state index contributed by atoms with van der Waals surface area (Å²) in [6.07, 6.45) is 0. The van der Waals surface area contributed by atoms with Crippen LogP contribution < -0.4 is 0 Å². The van der Waals surface area contributed by atoms with Gasteiger partial charge in [-0.05, 0) is 19.9 Å². The summed E-state index contributed by atoms with van der Waals surface area (Å²) >= 11 is 0. The molecule has 0 saturated carbocycles. The van der Waals surface area contributed by atoms with Crippen LogP contribution >= 0.6 is 0 Å². The molecule has 2 aromatic rings. The van der Waals surface area contributed by atoms with E-state index >= 15 is 0 Å². The van der Waals surface area contributed by atoms with E-state index in [1.807, 2.05) is 6.92 Å². The highest BCUT2D eigenvalue weighted by Gasteiger charge is 2.20. The van der Waals surface area contributed by atoms with Crippen molar-refractivity contribution in [3.63, 3.8) is 0 Å². The van der Waals surface area contributed by atoms with Crippen LogP contribution in [0.3, 0.4) is 0 Å². The second-order valence-electron chi connectivity index (χ2n) is 4.56. The molecule has 0 fully saturated rings. The van der Waals surface area contributed by atoms with E-state index in [4.69, 9.17) is 0 Å². The minimum absolute atomic E-state index is 0.181. The van der Waals surface area contributed by atoms with Gasteiger partial charge in [0.15, 0.2) is 9.84 Å². The molecular weight excluding hydrogens is 281 g/mol. The summed E-state index contributed by atoms with van der Waals surface area (Å²) in [5.41, 5.74) is 1.33. The number of sulfone groups is 1. The van der Waals surface area contributed by atoms with E-state index in [9.17, 15) is 12.8 Å². The highest BCUT2D eigenvalue weighted by Crippen LogP contribution is 2.16. The molecule has 0 radical (unpaired) electrons. The van der Waals surface area contributed by atoms with Crippen LogP contribution in [0.5, 0.6) is 0 Å². The fourth-order valence-electron chi connectivity index (χ4n) is 1.96. The summed E-state index contributed by atoms with van der Waals surface area (Å²) in [5, 5.41) is 7.74. The number of rotatable bonds is 5. The summed E-state index contributed by atoms with van der Waals surface area (Å²) in [6.45, 7) is 4.12. The Kier molecular flexibility index (Phi) is 4.17. The SMILES string of the molecule is CCn1nnc(C)c1CS(=O)(=O)Cc1ccccc1F. The molecule has 0 amide bonds. The van der Waals surface area contributed by atoms with Gasteiger partial charge in [0.05, 0.1) is 22.9 Å². The first kappa shape index (κ1) is 14.6. The lowest BCUT2D eigenvalue weighted by molar-refractivity contribution is 0.576. The summed E-state index contributed by atoms with van der Waals surface area (Å²) in [6, 6.07) is 5.89. The standard InChI is InChI=1S/C13H16FN3O2S/c1-3-17-13(10(2)15-16-17)9-20(18,19)8-11-6-4-5-7-12(11)14/h4-7H,3,8-9H2,1-2H3. The van der Waals surface area contributed by atoms with Crippen LogP contribution in [0.4, 0.5) is 4.39 Å². The van der Waals surface area contributed by atoms with Gasteiger partial charge in [-0.15, -0.1) is 5.10 Å². The van der Waals surface area contributed by atoms with Crippen LogP contribution in [0.1, 0.15) is 23.9 Å². The van der Waals surface area contributed by atoms with Crippen LogP contribution in [0, 0.1) is 12.7 Å². The highest BCUT2D eigenvalue weighted by molar-refractivity contribution is 7.89. The van der Waals surface area contributed by atoms with E-state index in [1.54, 1.807) is 17.7 Å². The van der Waals surface area contributed by atoms with E-state index in [-0.39, 0.29) is 17.1 Å². The Hall–Kier alpha value is -1.76. The monoisotopic (exact) mass is 297 g/mol. The van der Waals surface area contributed by atoms with Crippen molar-refractivity contribution >= 4 is 9.84 Å². The molecule has 108 valence electrons. The molecule has 1 aromatic carbocycles. The molecule has 0 unspecified atom stereocenters. The van der Waals surface area contributed by atoms with Crippen molar-refractivity contribution in [1.82, 2.24) is 15.0 Å². The molecule has 1 heterocycles. The molecule has 20 heavy (non-hydrogen) atoms. The third-order valence-electron chi connectivity index (χ3n) is 3.02. The van der Waals surface area contributed by atoms with Crippen molar-refractivity contribution in [3.05, 3.63) is 47.0 Å². The van der Waals surface area contributed by atoms with Crippen LogP contribution in [0.25, 0.3) is 0 Å². The largest absolute Gasteiger partial charge is 0.248 e. The third kappa shape index (κ3) is 3.22. The number of aromatic nitrogens is 3. The molecule has 0 bridgehead atoms. The summed E-state index contributed by atoms with van der Waals surface area (Å²) in [7, 11) is -3.48. The number of aryl methyl sites for hydroxylation is 2. The van der Waals surface area contributed by atoms with Gasteiger partial charge in [0.25, 0.3) is 0 Å². The van der Waals surface area contributed by atoms with E-state index in [0.29, 0.717) is 17.9 Å². The molecule has 0 spiro atoms. The second-order valence-corrected chi connectivity index (χ2v) is 6.63. The Balaban J connectivity index is 2.24. The zero-order valence-corrected chi connectivity index (χ0v) is 12.2. The van der Waals surface area contributed by atoms with E-state index in [0.717, 1.165) is 0 Å². The van der Waals surface area contributed by atoms with E-state index < -0.39 is 15.7 Å². The first-order valence-electron chi connectivity index (χ1n) is 6.25. The van der Waals surface area contributed by atoms with Crippen LogP contribution in [-0.4, -0.2) is 23.4 Å². The van der Waals surface area contributed by atoms with Crippen molar-refractivity contribution in [2.24, 2.45) is 0 Å². The lowest BCUT2D eigenvalue weighted by Crippen LogP contribution is -2.13. The second kappa shape index (κ2) is 5.70. The molecule has 7 heteroatoms. The maximum Gasteiger partial charge on any atom is 0.160 e. The molecule has 5 nitrogen and oxygen atoms in total. The fraction of sp³-hybridized carbons (Fsp3) is 0.385. The molecule has 0 aliphatic rings. The van der Waals surface area contributed by atoms with Crippen molar-refractivity contribution < 1.29 is 12.8 Å². The number of hydrogen-bond donors (Lipinski definition) is 0. The normalized spacial score (nSPS) is 11.8. The van der Waals surface area contributed by atoms with Gasteiger partial charge >= 0.3 is 0 Å². The average Bonchev–Trinajstić information content (AvgIpc) is 2.72. The predicted octanol–water partition coefficient (Wildman–Crippen LogP) is 1.86. The Morgan fingerprint density at radius 2 is 1.95 bits per heavy atom. The number of nitrogens with zero attached hydrogens (tertiary/aromatic N) is 3. The quantitative estimate of drug-likeness (QED) is 0.845. The van der Waals surface area contributed by atoms with Gasteiger partial charge in [-0.2, -0.15) is 0 Å².